The molecule has 0 aliphatic carbocycles. The molecule has 1 N–H and O–H groups in total. The number of ether oxygens (including phenoxy) is 1. The molecular formula is C13H15F3N2O3. The minimum atomic E-state index is -4.78. The number of nitrogens with one attached hydrogen (secondary N) is 1. The second kappa shape index (κ2) is 6.30. The van der Waals surface area contributed by atoms with Crippen molar-refractivity contribution in [2.24, 2.45) is 5.92 Å². The van der Waals surface area contributed by atoms with Gasteiger partial charge in [0.2, 0.25) is 0 Å². The van der Waals surface area contributed by atoms with Crippen molar-refractivity contribution in [2.45, 2.75) is 19.0 Å². The van der Waals surface area contributed by atoms with Crippen LogP contribution >= 0.6 is 0 Å². The third-order valence-corrected chi connectivity index (χ3v) is 3.35. The summed E-state index contributed by atoms with van der Waals surface area (Å²) in [5.74, 6) is 0.238. The maximum atomic E-state index is 12.8. The van der Waals surface area contributed by atoms with Gasteiger partial charge in [0.05, 0.1) is 11.5 Å². The Morgan fingerprint density at radius 1 is 1.43 bits per heavy atom. The van der Waals surface area contributed by atoms with E-state index in [1.807, 2.05) is 0 Å². The summed E-state index contributed by atoms with van der Waals surface area (Å²) < 4.78 is 43.8. The summed E-state index contributed by atoms with van der Waals surface area (Å²) >= 11 is 0. The zero-order chi connectivity index (χ0) is 15.5. The fraction of sp³-hybridized carbons (Fsp3) is 0.538. The van der Waals surface area contributed by atoms with Crippen LogP contribution in [-0.4, -0.2) is 24.6 Å². The summed E-state index contributed by atoms with van der Waals surface area (Å²) in [6.07, 6.45) is -2.83. The molecule has 1 unspecified atom stereocenters. The van der Waals surface area contributed by atoms with Crippen molar-refractivity contribution in [3.8, 4) is 5.75 Å². The normalized spacial score (nSPS) is 19.3. The van der Waals surface area contributed by atoms with Gasteiger partial charge in [-0.2, -0.15) is 13.2 Å². The van der Waals surface area contributed by atoms with Gasteiger partial charge in [-0.25, -0.2) is 0 Å². The van der Waals surface area contributed by atoms with E-state index < -0.39 is 22.4 Å². The number of hydrogen-bond donors (Lipinski definition) is 1. The fourth-order valence-electron chi connectivity index (χ4n) is 2.27. The Kier molecular flexibility index (Phi) is 4.66. The number of nitro groups is 1. The summed E-state index contributed by atoms with van der Waals surface area (Å²) in [5, 5.41) is 13.8. The van der Waals surface area contributed by atoms with E-state index in [0.717, 1.165) is 32.0 Å². The molecule has 1 aromatic rings. The molecule has 5 nitrogen and oxygen atoms in total. The molecule has 1 atom stereocenters. The van der Waals surface area contributed by atoms with Crippen molar-refractivity contribution in [1.29, 1.82) is 0 Å². The Labute approximate surface area is 119 Å². The van der Waals surface area contributed by atoms with Gasteiger partial charge in [0.15, 0.2) is 0 Å². The predicted molar refractivity (Wildman–Crippen MR) is 69.2 cm³/mol. The monoisotopic (exact) mass is 304 g/mol. The third-order valence-electron chi connectivity index (χ3n) is 3.35. The standard InChI is InChI=1S/C13H15F3N2O3/c14-13(15,16)11-6-10(3-4-12(11)18(19)20)21-8-9-2-1-5-17-7-9/h3-4,6,9,17H,1-2,5,7-8H2. The van der Waals surface area contributed by atoms with E-state index in [4.69, 9.17) is 4.74 Å². The first-order valence-corrected chi connectivity index (χ1v) is 6.57. The van der Waals surface area contributed by atoms with E-state index in [1.165, 1.54) is 6.07 Å². The number of nitro benzene ring substituents is 1. The minimum Gasteiger partial charge on any atom is -0.493 e. The predicted octanol–water partition coefficient (Wildman–Crippen LogP) is 2.99. The Morgan fingerprint density at radius 3 is 2.76 bits per heavy atom. The van der Waals surface area contributed by atoms with Crippen LogP contribution in [0.5, 0.6) is 5.75 Å². The second-order valence-corrected chi connectivity index (χ2v) is 4.96. The highest BCUT2D eigenvalue weighted by molar-refractivity contribution is 5.46. The van der Waals surface area contributed by atoms with Crippen LogP contribution in [0.2, 0.25) is 0 Å². The smallest absolute Gasteiger partial charge is 0.423 e. The molecular weight excluding hydrogens is 289 g/mol. The Hall–Kier alpha value is -1.83. The van der Waals surface area contributed by atoms with Crippen molar-refractivity contribution >= 4 is 5.69 Å². The summed E-state index contributed by atoms with van der Waals surface area (Å²) in [5.41, 5.74) is -2.25. The minimum absolute atomic E-state index is 0.00139. The molecule has 0 saturated carbocycles. The average Bonchev–Trinajstić information content (AvgIpc) is 2.45. The molecule has 21 heavy (non-hydrogen) atoms. The largest absolute Gasteiger partial charge is 0.493 e. The van der Waals surface area contributed by atoms with E-state index in [1.54, 1.807) is 0 Å². The molecule has 0 spiro atoms. The Bertz CT molecular complexity index is 514. The molecule has 0 aromatic heterocycles. The molecule has 2 rings (SSSR count). The molecule has 1 aromatic carbocycles. The van der Waals surface area contributed by atoms with Crippen molar-refractivity contribution in [2.75, 3.05) is 19.7 Å². The highest BCUT2D eigenvalue weighted by Crippen LogP contribution is 2.38. The molecule has 0 bridgehead atoms. The first-order chi connectivity index (χ1) is 9.88. The lowest BCUT2D eigenvalue weighted by Crippen LogP contribution is -2.33. The first kappa shape index (κ1) is 15.6. The Morgan fingerprint density at radius 2 is 2.19 bits per heavy atom. The van der Waals surface area contributed by atoms with Gasteiger partial charge in [0, 0.05) is 18.5 Å². The van der Waals surface area contributed by atoms with Gasteiger partial charge in [-0.1, -0.05) is 0 Å². The van der Waals surface area contributed by atoms with Crippen molar-refractivity contribution in [3.63, 3.8) is 0 Å². The van der Waals surface area contributed by atoms with Crippen LogP contribution in [0.3, 0.4) is 0 Å². The Balaban J connectivity index is 2.11. The lowest BCUT2D eigenvalue weighted by atomic mass is 10.0. The third kappa shape index (κ3) is 4.07. The van der Waals surface area contributed by atoms with Gasteiger partial charge < -0.3 is 10.1 Å². The zero-order valence-corrected chi connectivity index (χ0v) is 11.2. The highest BCUT2D eigenvalue weighted by Gasteiger charge is 2.38. The summed E-state index contributed by atoms with van der Waals surface area (Å²) in [6.45, 7) is 1.99. The van der Waals surface area contributed by atoms with Gasteiger partial charge in [0.25, 0.3) is 5.69 Å². The van der Waals surface area contributed by atoms with E-state index in [9.17, 15) is 23.3 Å². The van der Waals surface area contributed by atoms with Gasteiger partial charge in [-0.3, -0.25) is 10.1 Å². The summed E-state index contributed by atoms with van der Waals surface area (Å²) in [4.78, 5) is 9.60. The molecule has 0 amide bonds. The number of piperidine rings is 1. The number of alkyl halides is 3. The van der Waals surface area contributed by atoms with Crippen molar-refractivity contribution in [3.05, 3.63) is 33.9 Å². The molecule has 116 valence electrons. The van der Waals surface area contributed by atoms with Gasteiger partial charge in [-0.15, -0.1) is 0 Å². The maximum absolute atomic E-state index is 12.8. The lowest BCUT2D eigenvalue weighted by Gasteiger charge is -2.22. The number of nitrogens with zero attached hydrogens (tertiary/aromatic N) is 1. The number of halogens is 3. The van der Waals surface area contributed by atoms with E-state index in [-0.39, 0.29) is 11.7 Å². The molecule has 8 heteroatoms. The van der Waals surface area contributed by atoms with Crippen molar-refractivity contribution < 1.29 is 22.8 Å². The van der Waals surface area contributed by atoms with Crippen LogP contribution in [0.25, 0.3) is 0 Å². The van der Waals surface area contributed by atoms with Gasteiger partial charge in [0.1, 0.15) is 11.3 Å². The van der Waals surface area contributed by atoms with Crippen LogP contribution in [0.1, 0.15) is 18.4 Å². The van der Waals surface area contributed by atoms with Crippen LogP contribution in [0.15, 0.2) is 18.2 Å². The van der Waals surface area contributed by atoms with Crippen LogP contribution in [0, 0.1) is 16.0 Å². The van der Waals surface area contributed by atoms with E-state index in [0.29, 0.717) is 12.7 Å². The van der Waals surface area contributed by atoms with Crippen LogP contribution < -0.4 is 10.1 Å². The molecule has 1 saturated heterocycles. The molecule has 0 radical (unpaired) electrons. The van der Waals surface area contributed by atoms with Gasteiger partial charge >= 0.3 is 6.18 Å². The quantitative estimate of drug-likeness (QED) is 0.686. The molecule has 1 aliphatic heterocycles. The van der Waals surface area contributed by atoms with Crippen LogP contribution in [0.4, 0.5) is 18.9 Å². The number of rotatable bonds is 4. The molecule has 1 aliphatic rings. The first-order valence-electron chi connectivity index (χ1n) is 6.57. The fourth-order valence-corrected chi connectivity index (χ4v) is 2.27. The maximum Gasteiger partial charge on any atom is 0.423 e. The van der Waals surface area contributed by atoms with E-state index >= 15 is 0 Å². The zero-order valence-electron chi connectivity index (χ0n) is 11.2. The van der Waals surface area contributed by atoms with E-state index in [2.05, 4.69) is 5.32 Å². The topological polar surface area (TPSA) is 64.4 Å². The average molecular weight is 304 g/mol. The van der Waals surface area contributed by atoms with Crippen molar-refractivity contribution in [1.82, 2.24) is 5.32 Å². The summed E-state index contributed by atoms with van der Waals surface area (Å²) in [7, 11) is 0. The second-order valence-electron chi connectivity index (χ2n) is 4.96. The molecule has 1 fully saturated rings. The van der Waals surface area contributed by atoms with Gasteiger partial charge in [-0.05, 0) is 31.5 Å². The highest BCUT2D eigenvalue weighted by atomic mass is 19.4. The lowest BCUT2D eigenvalue weighted by molar-refractivity contribution is -0.388. The number of hydrogen-bond acceptors (Lipinski definition) is 4. The summed E-state index contributed by atoms with van der Waals surface area (Å²) in [6, 6.07) is 2.72. The SMILES string of the molecule is O=[N+]([O-])c1ccc(OCC2CCCNC2)cc1C(F)(F)F. The number of benzene rings is 1. The van der Waals surface area contributed by atoms with Crippen LogP contribution in [-0.2, 0) is 6.18 Å². The molecule has 1 heterocycles.